The quantitative estimate of drug-likeness (QED) is 0.868. The van der Waals surface area contributed by atoms with Crippen molar-refractivity contribution in [3.05, 3.63) is 53.1 Å². The van der Waals surface area contributed by atoms with Gasteiger partial charge in [0.2, 0.25) is 5.75 Å². The van der Waals surface area contributed by atoms with Crippen molar-refractivity contribution >= 4 is 5.97 Å². The second kappa shape index (κ2) is 7.03. The van der Waals surface area contributed by atoms with Gasteiger partial charge in [0.25, 0.3) is 0 Å². The van der Waals surface area contributed by atoms with Gasteiger partial charge in [-0.2, -0.15) is 0 Å². The van der Waals surface area contributed by atoms with Crippen molar-refractivity contribution in [1.29, 1.82) is 0 Å². The van der Waals surface area contributed by atoms with Crippen LogP contribution in [0, 0.1) is 0 Å². The van der Waals surface area contributed by atoms with E-state index in [-0.39, 0.29) is 5.75 Å². The standard InChI is InChI=1S/C19H21NO5/c1-24-16-7-12(8-17(25-2)18(16)21)10-20-11-14-6-4-3-5-13(14)9-15(20)19(22)23/h3-8,15,21H,9-11H2,1-2H3,(H,22,23). The van der Waals surface area contributed by atoms with Gasteiger partial charge >= 0.3 is 5.97 Å². The summed E-state index contributed by atoms with van der Waals surface area (Å²) >= 11 is 0. The molecule has 1 aliphatic heterocycles. The zero-order chi connectivity index (χ0) is 18.0. The first kappa shape index (κ1) is 17.1. The lowest BCUT2D eigenvalue weighted by molar-refractivity contribution is -0.144. The van der Waals surface area contributed by atoms with Gasteiger partial charge in [-0.05, 0) is 35.2 Å². The van der Waals surface area contributed by atoms with E-state index in [2.05, 4.69) is 0 Å². The van der Waals surface area contributed by atoms with Crippen LogP contribution in [0.4, 0.5) is 0 Å². The number of ether oxygens (including phenoxy) is 2. The van der Waals surface area contributed by atoms with Crippen molar-refractivity contribution in [2.45, 2.75) is 25.6 Å². The van der Waals surface area contributed by atoms with E-state index in [0.717, 1.165) is 16.7 Å². The van der Waals surface area contributed by atoms with Gasteiger partial charge in [-0.25, -0.2) is 0 Å². The molecule has 1 unspecified atom stereocenters. The molecule has 25 heavy (non-hydrogen) atoms. The molecule has 0 fully saturated rings. The summed E-state index contributed by atoms with van der Waals surface area (Å²) in [6.45, 7) is 0.969. The Bertz CT molecular complexity index is 764. The summed E-state index contributed by atoms with van der Waals surface area (Å²) in [5.74, 6) is -0.294. The van der Waals surface area contributed by atoms with Gasteiger partial charge in [-0.3, -0.25) is 9.69 Å². The Hall–Kier alpha value is -2.73. The minimum Gasteiger partial charge on any atom is -0.502 e. The molecule has 6 nitrogen and oxygen atoms in total. The molecule has 0 saturated carbocycles. The molecule has 0 spiro atoms. The lowest BCUT2D eigenvalue weighted by Gasteiger charge is -2.34. The molecule has 0 bridgehead atoms. The van der Waals surface area contributed by atoms with Crippen molar-refractivity contribution in [3.63, 3.8) is 0 Å². The third kappa shape index (κ3) is 3.39. The van der Waals surface area contributed by atoms with Crippen LogP contribution in [-0.2, 0) is 24.3 Å². The average Bonchev–Trinajstić information content (AvgIpc) is 2.62. The molecule has 0 amide bonds. The summed E-state index contributed by atoms with van der Waals surface area (Å²) in [6, 6.07) is 10.7. The predicted octanol–water partition coefficient (Wildman–Crippen LogP) is 2.42. The van der Waals surface area contributed by atoms with Gasteiger partial charge in [0.1, 0.15) is 6.04 Å². The second-order valence-electron chi connectivity index (χ2n) is 6.08. The first-order valence-corrected chi connectivity index (χ1v) is 8.01. The first-order valence-electron chi connectivity index (χ1n) is 8.01. The highest BCUT2D eigenvalue weighted by Gasteiger charge is 2.31. The number of phenolic OH excluding ortho intramolecular Hbond substituents is 1. The molecule has 2 aromatic carbocycles. The van der Waals surface area contributed by atoms with E-state index in [4.69, 9.17) is 9.47 Å². The average molecular weight is 343 g/mol. The summed E-state index contributed by atoms with van der Waals surface area (Å²) < 4.78 is 10.4. The van der Waals surface area contributed by atoms with Gasteiger partial charge < -0.3 is 19.7 Å². The third-order valence-corrected chi connectivity index (χ3v) is 4.56. The van der Waals surface area contributed by atoms with E-state index < -0.39 is 12.0 Å². The summed E-state index contributed by atoms with van der Waals surface area (Å²) in [4.78, 5) is 13.6. The number of carbonyl (C=O) groups is 1. The molecule has 0 radical (unpaired) electrons. The number of carboxylic acids is 1. The molecule has 1 aliphatic rings. The molecule has 0 saturated heterocycles. The van der Waals surface area contributed by atoms with E-state index in [1.807, 2.05) is 29.2 Å². The topological polar surface area (TPSA) is 79.2 Å². The monoisotopic (exact) mass is 343 g/mol. The van der Waals surface area contributed by atoms with Gasteiger partial charge in [0.05, 0.1) is 14.2 Å². The highest BCUT2D eigenvalue weighted by Crippen LogP contribution is 2.38. The van der Waals surface area contributed by atoms with Crippen LogP contribution in [0.2, 0.25) is 0 Å². The second-order valence-corrected chi connectivity index (χ2v) is 6.08. The van der Waals surface area contributed by atoms with E-state index in [0.29, 0.717) is 31.0 Å². The Balaban J connectivity index is 1.92. The maximum atomic E-state index is 11.7. The number of fused-ring (bicyclic) bond motifs is 1. The number of nitrogens with zero attached hydrogens (tertiary/aromatic N) is 1. The molecule has 0 aromatic heterocycles. The number of aromatic hydroxyl groups is 1. The van der Waals surface area contributed by atoms with Crippen molar-refractivity contribution in [2.24, 2.45) is 0 Å². The largest absolute Gasteiger partial charge is 0.502 e. The van der Waals surface area contributed by atoms with Gasteiger partial charge in [0, 0.05) is 13.1 Å². The van der Waals surface area contributed by atoms with E-state index in [1.165, 1.54) is 14.2 Å². The molecular weight excluding hydrogens is 322 g/mol. The van der Waals surface area contributed by atoms with Crippen LogP contribution < -0.4 is 9.47 Å². The van der Waals surface area contributed by atoms with Gasteiger partial charge in [-0.15, -0.1) is 0 Å². The fourth-order valence-electron chi connectivity index (χ4n) is 3.26. The van der Waals surface area contributed by atoms with E-state index >= 15 is 0 Å². The molecule has 2 N–H and O–H groups in total. The molecule has 1 heterocycles. The number of hydrogen-bond donors (Lipinski definition) is 2. The molecule has 6 heteroatoms. The molecule has 132 valence electrons. The Labute approximate surface area is 146 Å². The Morgan fingerprint density at radius 1 is 1.16 bits per heavy atom. The van der Waals surface area contributed by atoms with Crippen LogP contribution >= 0.6 is 0 Å². The van der Waals surface area contributed by atoms with Crippen LogP contribution in [0.15, 0.2) is 36.4 Å². The SMILES string of the molecule is COc1cc(CN2Cc3ccccc3CC2C(=O)O)cc(OC)c1O. The van der Waals surface area contributed by atoms with Crippen molar-refractivity contribution in [2.75, 3.05) is 14.2 Å². The number of hydrogen-bond acceptors (Lipinski definition) is 5. The zero-order valence-electron chi connectivity index (χ0n) is 14.2. The normalized spacial score (nSPS) is 17.0. The van der Waals surface area contributed by atoms with E-state index in [9.17, 15) is 15.0 Å². The number of aliphatic carboxylic acids is 1. The van der Waals surface area contributed by atoms with Crippen LogP contribution in [0.1, 0.15) is 16.7 Å². The minimum absolute atomic E-state index is 0.0625. The van der Waals surface area contributed by atoms with Crippen molar-refractivity contribution in [1.82, 2.24) is 4.90 Å². The van der Waals surface area contributed by atoms with Crippen molar-refractivity contribution < 1.29 is 24.5 Å². The fraction of sp³-hybridized carbons (Fsp3) is 0.316. The van der Waals surface area contributed by atoms with Crippen LogP contribution in [0.25, 0.3) is 0 Å². The number of phenols is 1. The smallest absolute Gasteiger partial charge is 0.321 e. The van der Waals surface area contributed by atoms with E-state index in [1.54, 1.807) is 12.1 Å². The molecular formula is C19H21NO5. The lowest BCUT2D eigenvalue weighted by atomic mass is 9.93. The maximum Gasteiger partial charge on any atom is 0.321 e. The Kier molecular flexibility index (Phi) is 4.81. The molecule has 3 rings (SSSR count). The Morgan fingerprint density at radius 3 is 2.32 bits per heavy atom. The molecule has 1 atom stereocenters. The van der Waals surface area contributed by atoms with Crippen molar-refractivity contribution in [3.8, 4) is 17.2 Å². The maximum absolute atomic E-state index is 11.7. The zero-order valence-corrected chi connectivity index (χ0v) is 14.2. The lowest BCUT2D eigenvalue weighted by Crippen LogP contribution is -2.45. The molecule has 2 aromatic rings. The minimum atomic E-state index is -0.841. The number of carboxylic acid groups (broad SMARTS) is 1. The number of rotatable bonds is 5. The summed E-state index contributed by atoms with van der Waals surface area (Å²) in [5.41, 5.74) is 3.03. The highest BCUT2D eigenvalue weighted by atomic mass is 16.5. The predicted molar refractivity (Wildman–Crippen MR) is 92.0 cm³/mol. The first-order chi connectivity index (χ1) is 12.0. The molecule has 0 aliphatic carbocycles. The van der Waals surface area contributed by atoms with Gasteiger partial charge in [-0.1, -0.05) is 24.3 Å². The summed E-state index contributed by atoms with van der Waals surface area (Å²) in [6.07, 6.45) is 0.470. The van der Waals surface area contributed by atoms with Crippen LogP contribution in [0.3, 0.4) is 0 Å². The fourth-order valence-corrected chi connectivity index (χ4v) is 3.26. The van der Waals surface area contributed by atoms with Gasteiger partial charge in [0.15, 0.2) is 11.5 Å². The number of methoxy groups -OCH3 is 2. The van der Waals surface area contributed by atoms with Crippen LogP contribution in [0.5, 0.6) is 17.2 Å². The third-order valence-electron chi connectivity index (χ3n) is 4.56. The Morgan fingerprint density at radius 2 is 1.76 bits per heavy atom. The van der Waals surface area contributed by atoms with Crippen LogP contribution in [-0.4, -0.2) is 41.3 Å². The summed E-state index contributed by atoms with van der Waals surface area (Å²) in [5, 5.41) is 19.7. The summed E-state index contributed by atoms with van der Waals surface area (Å²) in [7, 11) is 2.94. The highest BCUT2D eigenvalue weighted by molar-refractivity contribution is 5.74. The number of benzene rings is 2.